The van der Waals surface area contributed by atoms with Crippen LogP contribution in [0.3, 0.4) is 0 Å². The molecule has 0 radical (unpaired) electrons. The lowest BCUT2D eigenvalue weighted by atomic mass is 9.98. The van der Waals surface area contributed by atoms with Crippen molar-refractivity contribution in [1.29, 1.82) is 0 Å². The summed E-state index contributed by atoms with van der Waals surface area (Å²) in [6, 6.07) is 9.96. The van der Waals surface area contributed by atoms with E-state index in [1.54, 1.807) is 12.4 Å². The van der Waals surface area contributed by atoms with Gasteiger partial charge in [-0.15, -0.1) is 0 Å². The van der Waals surface area contributed by atoms with Gasteiger partial charge in [0.2, 0.25) is 0 Å². The summed E-state index contributed by atoms with van der Waals surface area (Å²) >= 11 is 0. The lowest BCUT2D eigenvalue weighted by Crippen LogP contribution is -2.02. The summed E-state index contributed by atoms with van der Waals surface area (Å²) in [5.41, 5.74) is 3.15. The molecule has 1 heterocycles. The maximum absolute atomic E-state index is 11.3. The quantitative estimate of drug-likeness (QED) is 0.764. The minimum Gasteiger partial charge on any atom is -0.492 e. The maximum atomic E-state index is 11.3. The number of hydrogen-bond donors (Lipinski definition) is 0. The fourth-order valence-corrected chi connectivity index (χ4v) is 2.17. The number of benzene rings is 1. The highest BCUT2D eigenvalue weighted by Crippen LogP contribution is 2.26. The third kappa shape index (κ3) is 4.05. The second kappa shape index (κ2) is 7.43. The smallest absolute Gasteiger partial charge is 0.305 e. The van der Waals surface area contributed by atoms with Crippen LogP contribution in [0.15, 0.2) is 42.7 Å². The van der Waals surface area contributed by atoms with E-state index in [-0.39, 0.29) is 5.97 Å². The summed E-state index contributed by atoms with van der Waals surface area (Å²) in [5.74, 6) is 0.545. The number of rotatable bonds is 6. The maximum Gasteiger partial charge on any atom is 0.305 e. The van der Waals surface area contributed by atoms with Gasteiger partial charge in [0.05, 0.1) is 19.9 Å². The van der Waals surface area contributed by atoms with Crippen LogP contribution in [0, 0.1) is 0 Å². The lowest BCUT2D eigenvalue weighted by Gasteiger charge is -2.10. The van der Waals surface area contributed by atoms with E-state index in [9.17, 15) is 4.79 Å². The molecule has 1 aromatic heterocycles. The number of hydrogen-bond acceptors (Lipinski definition) is 4. The topological polar surface area (TPSA) is 48.4 Å². The van der Waals surface area contributed by atoms with Gasteiger partial charge in [0.1, 0.15) is 5.75 Å². The molecule has 1 aromatic carbocycles. The molecule has 2 aromatic rings. The Labute approximate surface area is 124 Å². The van der Waals surface area contributed by atoms with E-state index in [1.807, 2.05) is 37.3 Å². The number of ether oxygens (including phenoxy) is 2. The molecule has 0 N–H and O–H groups in total. The van der Waals surface area contributed by atoms with Crippen LogP contribution in [0.25, 0.3) is 11.1 Å². The molecule has 21 heavy (non-hydrogen) atoms. The Balaban J connectivity index is 2.26. The van der Waals surface area contributed by atoms with Gasteiger partial charge in [-0.3, -0.25) is 9.78 Å². The van der Waals surface area contributed by atoms with Crippen molar-refractivity contribution < 1.29 is 14.3 Å². The van der Waals surface area contributed by atoms with Crippen LogP contribution in [0.2, 0.25) is 0 Å². The third-order valence-electron chi connectivity index (χ3n) is 3.18. The van der Waals surface area contributed by atoms with Gasteiger partial charge in [0.15, 0.2) is 0 Å². The first kappa shape index (κ1) is 15.0. The fraction of sp³-hybridized carbons (Fsp3) is 0.294. The first-order chi connectivity index (χ1) is 10.2. The number of nitrogens with zero attached hydrogens (tertiary/aromatic N) is 1. The summed E-state index contributed by atoms with van der Waals surface area (Å²) in [5, 5.41) is 0. The molecule has 0 spiro atoms. The van der Waals surface area contributed by atoms with Crippen molar-refractivity contribution >= 4 is 5.97 Å². The standard InChI is InChI=1S/C17H19NO3/c1-3-21-15-10-14(11-18-12-15)16-7-5-4-6-13(16)8-9-17(19)20-2/h4-7,10-12H,3,8-9H2,1-2H3. The van der Waals surface area contributed by atoms with Gasteiger partial charge in [-0.2, -0.15) is 0 Å². The summed E-state index contributed by atoms with van der Waals surface area (Å²) < 4.78 is 10.2. The van der Waals surface area contributed by atoms with Crippen LogP contribution in [-0.4, -0.2) is 24.7 Å². The molecule has 0 bridgehead atoms. The highest BCUT2D eigenvalue weighted by atomic mass is 16.5. The molecule has 0 unspecified atom stereocenters. The molecule has 4 nitrogen and oxygen atoms in total. The molecule has 0 fully saturated rings. The van der Waals surface area contributed by atoms with E-state index in [4.69, 9.17) is 9.47 Å². The molecular formula is C17H19NO3. The fourth-order valence-electron chi connectivity index (χ4n) is 2.17. The molecule has 0 aliphatic carbocycles. The van der Waals surface area contributed by atoms with Crippen molar-refractivity contribution in [1.82, 2.24) is 4.98 Å². The van der Waals surface area contributed by atoms with Crippen molar-refractivity contribution in [3.63, 3.8) is 0 Å². The summed E-state index contributed by atoms with van der Waals surface area (Å²) in [7, 11) is 1.41. The van der Waals surface area contributed by atoms with E-state index >= 15 is 0 Å². The van der Waals surface area contributed by atoms with E-state index < -0.39 is 0 Å². The average molecular weight is 285 g/mol. The van der Waals surface area contributed by atoms with Crippen LogP contribution < -0.4 is 4.74 Å². The zero-order valence-corrected chi connectivity index (χ0v) is 12.3. The Morgan fingerprint density at radius 1 is 1.24 bits per heavy atom. The Hall–Kier alpha value is -2.36. The first-order valence-electron chi connectivity index (χ1n) is 6.97. The Morgan fingerprint density at radius 2 is 2.05 bits per heavy atom. The predicted octanol–water partition coefficient (Wildman–Crippen LogP) is 3.25. The molecule has 0 saturated heterocycles. The van der Waals surface area contributed by atoms with Crippen LogP contribution in [-0.2, 0) is 16.0 Å². The summed E-state index contributed by atoms with van der Waals surface area (Å²) in [4.78, 5) is 15.5. The minimum absolute atomic E-state index is 0.203. The molecule has 0 amide bonds. The molecule has 4 heteroatoms. The summed E-state index contributed by atoms with van der Waals surface area (Å²) in [6.07, 6.45) is 4.51. The number of esters is 1. The van der Waals surface area contributed by atoms with Gasteiger partial charge in [0, 0.05) is 18.2 Å². The second-order valence-corrected chi connectivity index (χ2v) is 4.58. The van der Waals surface area contributed by atoms with E-state index in [2.05, 4.69) is 4.98 Å². The van der Waals surface area contributed by atoms with Crippen molar-refractivity contribution in [3.05, 3.63) is 48.3 Å². The van der Waals surface area contributed by atoms with Crippen molar-refractivity contribution in [2.45, 2.75) is 19.8 Å². The van der Waals surface area contributed by atoms with Gasteiger partial charge in [-0.25, -0.2) is 0 Å². The molecule has 2 rings (SSSR count). The highest BCUT2D eigenvalue weighted by Gasteiger charge is 2.08. The van der Waals surface area contributed by atoms with Gasteiger partial charge in [-0.05, 0) is 30.5 Å². The van der Waals surface area contributed by atoms with Crippen molar-refractivity contribution in [2.24, 2.45) is 0 Å². The predicted molar refractivity (Wildman–Crippen MR) is 81.2 cm³/mol. The summed E-state index contributed by atoms with van der Waals surface area (Å²) in [6.45, 7) is 2.55. The highest BCUT2D eigenvalue weighted by molar-refractivity contribution is 5.72. The van der Waals surface area contributed by atoms with Gasteiger partial charge in [0.25, 0.3) is 0 Å². The van der Waals surface area contributed by atoms with Crippen LogP contribution >= 0.6 is 0 Å². The number of pyridine rings is 1. The number of methoxy groups -OCH3 is 1. The molecule has 0 aliphatic heterocycles. The first-order valence-corrected chi connectivity index (χ1v) is 6.97. The number of carbonyl (C=O) groups excluding carboxylic acids is 1. The monoisotopic (exact) mass is 285 g/mol. The largest absolute Gasteiger partial charge is 0.492 e. The third-order valence-corrected chi connectivity index (χ3v) is 3.18. The number of aryl methyl sites for hydroxylation is 1. The molecule has 110 valence electrons. The van der Waals surface area contributed by atoms with Gasteiger partial charge in [-0.1, -0.05) is 24.3 Å². The SMILES string of the molecule is CCOc1cncc(-c2ccccc2CCC(=O)OC)c1. The number of carbonyl (C=O) groups is 1. The molecule has 0 saturated carbocycles. The van der Waals surface area contributed by atoms with E-state index in [0.717, 1.165) is 22.4 Å². The average Bonchev–Trinajstić information content (AvgIpc) is 2.53. The lowest BCUT2D eigenvalue weighted by molar-refractivity contribution is -0.140. The zero-order valence-electron chi connectivity index (χ0n) is 12.3. The van der Waals surface area contributed by atoms with Crippen LogP contribution in [0.4, 0.5) is 0 Å². The second-order valence-electron chi connectivity index (χ2n) is 4.58. The Bertz CT molecular complexity index is 610. The minimum atomic E-state index is -0.203. The van der Waals surface area contributed by atoms with E-state index in [1.165, 1.54) is 7.11 Å². The zero-order chi connectivity index (χ0) is 15.1. The van der Waals surface area contributed by atoms with E-state index in [0.29, 0.717) is 19.4 Å². The van der Waals surface area contributed by atoms with Crippen molar-refractivity contribution in [2.75, 3.05) is 13.7 Å². The van der Waals surface area contributed by atoms with Gasteiger partial charge < -0.3 is 9.47 Å². The number of aromatic nitrogens is 1. The molecule has 0 aliphatic rings. The Morgan fingerprint density at radius 3 is 2.81 bits per heavy atom. The molecular weight excluding hydrogens is 266 g/mol. The van der Waals surface area contributed by atoms with Crippen LogP contribution in [0.5, 0.6) is 5.75 Å². The van der Waals surface area contributed by atoms with Gasteiger partial charge >= 0.3 is 5.97 Å². The van der Waals surface area contributed by atoms with Crippen LogP contribution in [0.1, 0.15) is 18.9 Å². The normalized spacial score (nSPS) is 10.2. The Kier molecular flexibility index (Phi) is 5.32. The molecule has 0 atom stereocenters. The van der Waals surface area contributed by atoms with Crippen molar-refractivity contribution in [3.8, 4) is 16.9 Å².